The summed E-state index contributed by atoms with van der Waals surface area (Å²) in [6.45, 7) is 5.48. The van der Waals surface area contributed by atoms with Crippen molar-refractivity contribution in [1.82, 2.24) is 4.90 Å². The van der Waals surface area contributed by atoms with Crippen molar-refractivity contribution in [3.8, 4) is 0 Å². The molecule has 0 bridgehead atoms. The molecule has 15 heavy (non-hydrogen) atoms. The molecule has 2 heterocycles. The average Bonchev–Trinajstić information content (AvgIpc) is 2.75. The lowest BCUT2D eigenvalue weighted by molar-refractivity contribution is 0.0531. The van der Waals surface area contributed by atoms with E-state index in [1.54, 1.807) is 6.26 Å². The third kappa shape index (κ3) is 2.61. The third-order valence-electron chi connectivity index (χ3n) is 3.40. The van der Waals surface area contributed by atoms with Crippen molar-refractivity contribution in [2.24, 2.45) is 5.41 Å². The van der Waals surface area contributed by atoms with E-state index in [1.165, 1.54) is 0 Å². The zero-order valence-corrected chi connectivity index (χ0v) is 9.28. The molecule has 0 amide bonds. The maximum Gasteiger partial charge on any atom is 0.117 e. The molecule has 2 rings (SSSR count). The summed E-state index contributed by atoms with van der Waals surface area (Å²) in [6.07, 6.45) is 3.87. The fourth-order valence-electron chi connectivity index (χ4n) is 2.03. The largest absolute Gasteiger partial charge is 0.468 e. The van der Waals surface area contributed by atoms with Gasteiger partial charge in [0.15, 0.2) is 0 Å². The van der Waals surface area contributed by atoms with E-state index >= 15 is 0 Å². The molecule has 0 aromatic carbocycles. The van der Waals surface area contributed by atoms with Crippen molar-refractivity contribution in [3.05, 3.63) is 24.2 Å². The molecule has 0 radical (unpaired) electrons. The first-order chi connectivity index (χ1) is 7.22. The molecule has 0 spiro atoms. The van der Waals surface area contributed by atoms with Crippen molar-refractivity contribution in [1.29, 1.82) is 0 Å². The minimum absolute atomic E-state index is 0.139. The SMILES string of the molecule is CC1(CO)CCN(Cc2ccco2)CC1. The van der Waals surface area contributed by atoms with E-state index in [-0.39, 0.29) is 5.41 Å². The van der Waals surface area contributed by atoms with E-state index in [1.807, 2.05) is 12.1 Å². The van der Waals surface area contributed by atoms with Crippen LogP contribution in [0.3, 0.4) is 0 Å². The molecule has 3 heteroatoms. The lowest BCUT2D eigenvalue weighted by Gasteiger charge is -2.37. The van der Waals surface area contributed by atoms with Crippen LogP contribution >= 0.6 is 0 Å². The summed E-state index contributed by atoms with van der Waals surface area (Å²) < 4.78 is 5.32. The van der Waals surface area contributed by atoms with Gasteiger partial charge in [-0.3, -0.25) is 4.90 Å². The number of hydrogen-bond donors (Lipinski definition) is 1. The van der Waals surface area contributed by atoms with E-state index < -0.39 is 0 Å². The van der Waals surface area contributed by atoms with Gasteiger partial charge in [-0.15, -0.1) is 0 Å². The molecule has 1 saturated heterocycles. The first-order valence-electron chi connectivity index (χ1n) is 5.57. The van der Waals surface area contributed by atoms with Gasteiger partial charge in [-0.25, -0.2) is 0 Å². The van der Waals surface area contributed by atoms with E-state index in [9.17, 15) is 5.11 Å². The molecule has 0 aliphatic carbocycles. The van der Waals surface area contributed by atoms with Gasteiger partial charge in [-0.1, -0.05) is 6.92 Å². The van der Waals surface area contributed by atoms with Crippen molar-refractivity contribution in [3.63, 3.8) is 0 Å². The quantitative estimate of drug-likeness (QED) is 0.825. The number of furan rings is 1. The monoisotopic (exact) mass is 209 g/mol. The Balaban J connectivity index is 1.84. The first kappa shape index (κ1) is 10.7. The Hall–Kier alpha value is -0.800. The summed E-state index contributed by atoms with van der Waals surface area (Å²) in [6, 6.07) is 3.94. The number of nitrogens with zero attached hydrogens (tertiary/aromatic N) is 1. The Bertz CT molecular complexity index is 287. The Labute approximate surface area is 90.7 Å². The van der Waals surface area contributed by atoms with Crippen LogP contribution in [-0.4, -0.2) is 29.7 Å². The van der Waals surface area contributed by atoms with Crippen molar-refractivity contribution >= 4 is 0 Å². The second kappa shape index (κ2) is 4.37. The molecule has 1 N–H and O–H groups in total. The first-order valence-corrected chi connectivity index (χ1v) is 5.57. The standard InChI is InChI=1S/C12H19NO2/c1-12(10-14)4-6-13(7-5-12)9-11-3-2-8-15-11/h2-3,8,14H,4-7,9-10H2,1H3. The van der Waals surface area contributed by atoms with Crippen molar-refractivity contribution in [2.75, 3.05) is 19.7 Å². The van der Waals surface area contributed by atoms with Crippen molar-refractivity contribution in [2.45, 2.75) is 26.3 Å². The Morgan fingerprint density at radius 3 is 2.73 bits per heavy atom. The topological polar surface area (TPSA) is 36.6 Å². The molecule has 1 aliphatic heterocycles. The second-order valence-corrected chi connectivity index (χ2v) is 4.82. The van der Waals surface area contributed by atoms with Gasteiger partial charge < -0.3 is 9.52 Å². The highest BCUT2D eigenvalue weighted by Gasteiger charge is 2.29. The lowest BCUT2D eigenvalue weighted by atomic mass is 9.81. The van der Waals surface area contributed by atoms with E-state index in [2.05, 4.69) is 11.8 Å². The van der Waals surface area contributed by atoms with Crippen LogP contribution < -0.4 is 0 Å². The molecule has 84 valence electrons. The number of aliphatic hydroxyl groups is 1. The maximum atomic E-state index is 9.26. The van der Waals surface area contributed by atoms with Crippen molar-refractivity contribution < 1.29 is 9.52 Å². The van der Waals surface area contributed by atoms with Crippen LogP contribution in [0.4, 0.5) is 0 Å². The minimum atomic E-state index is 0.139. The molecule has 1 aliphatic rings. The third-order valence-corrected chi connectivity index (χ3v) is 3.40. The molecule has 0 saturated carbocycles. The molecule has 3 nitrogen and oxygen atoms in total. The van der Waals surface area contributed by atoms with Gasteiger partial charge in [0, 0.05) is 6.61 Å². The van der Waals surface area contributed by atoms with Gasteiger partial charge in [0.1, 0.15) is 5.76 Å². The van der Waals surface area contributed by atoms with Crippen LogP contribution in [0.2, 0.25) is 0 Å². The van der Waals surface area contributed by atoms with Crippen LogP contribution in [0.15, 0.2) is 22.8 Å². The van der Waals surface area contributed by atoms with Crippen LogP contribution in [0.5, 0.6) is 0 Å². The summed E-state index contributed by atoms with van der Waals surface area (Å²) in [4.78, 5) is 2.39. The smallest absolute Gasteiger partial charge is 0.117 e. The second-order valence-electron chi connectivity index (χ2n) is 4.82. The number of hydrogen-bond acceptors (Lipinski definition) is 3. The van der Waals surface area contributed by atoms with Gasteiger partial charge in [0.05, 0.1) is 12.8 Å². The fraction of sp³-hybridized carbons (Fsp3) is 0.667. The number of rotatable bonds is 3. The molecule has 0 atom stereocenters. The van der Waals surface area contributed by atoms with Gasteiger partial charge in [0.25, 0.3) is 0 Å². The van der Waals surface area contributed by atoms with Gasteiger partial charge in [-0.2, -0.15) is 0 Å². The zero-order chi connectivity index (χ0) is 10.7. The van der Waals surface area contributed by atoms with Crippen LogP contribution in [-0.2, 0) is 6.54 Å². The average molecular weight is 209 g/mol. The van der Waals surface area contributed by atoms with Crippen LogP contribution in [0, 0.1) is 5.41 Å². The van der Waals surface area contributed by atoms with Gasteiger partial charge in [-0.05, 0) is 43.5 Å². The highest BCUT2D eigenvalue weighted by molar-refractivity contribution is 4.98. The summed E-state index contributed by atoms with van der Waals surface area (Å²) in [5.41, 5.74) is 0.139. The molecule has 1 aromatic rings. The summed E-state index contributed by atoms with van der Waals surface area (Å²) in [7, 11) is 0. The summed E-state index contributed by atoms with van der Waals surface area (Å²) >= 11 is 0. The zero-order valence-electron chi connectivity index (χ0n) is 9.28. The summed E-state index contributed by atoms with van der Waals surface area (Å²) in [5.74, 6) is 1.03. The number of piperidine rings is 1. The lowest BCUT2D eigenvalue weighted by Crippen LogP contribution is -2.39. The van der Waals surface area contributed by atoms with Gasteiger partial charge >= 0.3 is 0 Å². The number of likely N-dealkylation sites (tertiary alicyclic amines) is 1. The Morgan fingerprint density at radius 2 is 2.20 bits per heavy atom. The molecule has 1 aromatic heterocycles. The summed E-state index contributed by atoms with van der Waals surface area (Å²) in [5, 5.41) is 9.26. The minimum Gasteiger partial charge on any atom is -0.468 e. The highest BCUT2D eigenvalue weighted by Crippen LogP contribution is 2.30. The molecule has 0 unspecified atom stereocenters. The molecular weight excluding hydrogens is 190 g/mol. The van der Waals surface area contributed by atoms with Crippen LogP contribution in [0.1, 0.15) is 25.5 Å². The molecular formula is C12H19NO2. The highest BCUT2D eigenvalue weighted by atomic mass is 16.3. The van der Waals surface area contributed by atoms with E-state index in [0.717, 1.165) is 38.2 Å². The normalized spacial score (nSPS) is 21.7. The Morgan fingerprint density at radius 1 is 1.47 bits per heavy atom. The maximum absolute atomic E-state index is 9.26. The predicted molar refractivity (Wildman–Crippen MR) is 58.4 cm³/mol. The van der Waals surface area contributed by atoms with Crippen LogP contribution in [0.25, 0.3) is 0 Å². The van der Waals surface area contributed by atoms with E-state index in [4.69, 9.17) is 4.42 Å². The van der Waals surface area contributed by atoms with E-state index in [0.29, 0.717) is 6.61 Å². The molecule has 1 fully saturated rings. The Kier molecular flexibility index (Phi) is 3.12. The number of aliphatic hydroxyl groups excluding tert-OH is 1. The van der Waals surface area contributed by atoms with Gasteiger partial charge in [0.2, 0.25) is 0 Å². The fourth-order valence-corrected chi connectivity index (χ4v) is 2.03. The predicted octanol–water partition coefficient (Wildman–Crippen LogP) is 1.87.